The van der Waals surface area contributed by atoms with E-state index in [0.29, 0.717) is 6.61 Å². The van der Waals surface area contributed by atoms with Gasteiger partial charge >= 0.3 is 5.97 Å². The van der Waals surface area contributed by atoms with Gasteiger partial charge in [-0.25, -0.2) is 0 Å². The average molecular weight is 309 g/mol. The summed E-state index contributed by atoms with van der Waals surface area (Å²) in [5, 5.41) is 3.28. The van der Waals surface area contributed by atoms with E-state index in [1.54, 1.807) is 0 Å². The van der Waals surface area contributed by atoms with Crippen LogP contribution in [0, 0.1) is 13.8 Å². The number of carbonyl (C=O) groups excluding carboxylic acids is 1. The number of aryl methyl sites for hydroxylation is 2. The van der Waals surface area contributed by atoms with Crippen molar-refractivity contribution in [1.29, 1.82) is 0 Å². The van der Waals surface area contributed by atoms with Crippen molar-refractivity contribution in [2.75, 3.05) is 18.9 Å². The Bertz CT molecular complexity index is 448. The van der Waals surface area contributed by atoms with Crippen LogP contribution in [0.15, 0.2) is 23.1 Å². The number of nitrogens with one attached hydrogen (secondary N) is 1. The normalized spacial score (nSPS) is 12.2. The minimum Gasteiger partial charge on any atom is -0.465 e. The summed E-state index contributed by atoms with van der Waals surface area (Å²) in [6, 6.07) is 6.29. The SMILES string of the molecule is CCCNC(CCSc1cc(C)ccc1C)C(=O)OCC. The highest BCUT2D eigenvalue weighted by atomic mass is 32.2. The molecule has 4 heteroatoms. The second kappa shape index (κ2) is 9.85. The third-order valence-corrected chi connectivity index (χ3v) is 4.41. The fraction of sp³-hybridized carbons (Fsp3) is 0.588. The number of ether oxygens (including phenoxy) is 1. The Morgan fingerprint density at radius 1 is 1.33 bits per heavy atom. The van der Waals surface area contributed by atoms with E-state index < -0.39 is 0 Å². The van der Waals surface area contributed by atoms with Gasteiger partial charge in [0.25, 0.3) is 0 Å². The van der Waals surface area contributed by atoms with Gasteiger partial charge in [0.15, 0.2) is 0 Å². The molecule has 0 aromatic heterocycles. The van der Waals surface area contributed by atoms with Crippen LogP contribution in [-0.2, 0) is 9.53 Å². The van der Waals surface area contributed by atoms with E-state index in [1.807, 2.05) is 18.7 Å². The molecule has 0 saturated carbocycles. The first-order valence-electron chi connectivity index (χ1n) is 7.68. The third-order valence-electron chi connectivity index (χ3n) is 3.22. The highest BCUT2D eigenvalue weighted by Gasteiger charge is 2.18. The Morgan fingerprint density at radius 3 is 2.76 bits per heavy atom. The lowest BCUT2D eigenvalue weighted by Gasteiger charge is -2.17. The molecule has 0 amide bonds. The van der Waals surface area contributed by atoms with E-state index in [0.717, 1.165) is 25.1 Å². The van der Waals surface area contributed by atoms with Crippen molar-refractivity contribution >= 4 is 17.7 Å². The Labute approximate surface area is 132 Å². The predicted octanol–water partition coefficient (Wildman–Crippen LogP) is 3.72. The summed E-state index contributed by atoms with van der Waals surface area (Å²) >= 11 is 1.81. The molecule has 118 valence electrons. The first-order chi connectivity index (χ1) is 10.1. The number of hydrogen-bond acceptors (Lipinski definition) is 4. The summed E-state index contributed by atoms with van der Waals surface area (Å²) in [6.45, 7) is 9.46. The third kappa shape index (κ3) is 6.53. The summed E-state index contributed by atoms with van der Waals surface area (Å²) in [4.78, 5) is 13.2. The van der Waals surface area contributed by atoms with Gasteiger partial charge in [0.1, 0.15) is 6.04 Å². The van der Waals surface area contributed by atoms with Gasteiger partial charge in [-0.3, -0.25) is 4.79 Å². The minimum absolute atomic E-state index is 0.132. The predicted molar refractivity (Wildman–Crippen MR) is 90.0 cm³/mol. The lowest BCUT2D eigenvalue weighted by atomic mass is 10.2. The maximum Gasteiger partial charge on any atom is 0.323 e. The first kappa shape index (κ1) is 18.1. The van der Waals surface area contributed by atoms with Crippen molar-refractivity contribution in [3.8, 4) is 0 Å². The second-order valence-electron chi connectivity index (χ2n) is 5.16. The summed E-state index contributed by atoms with van der Waals surface area (Å²) < 4.78 is 5.14. The van der Waals surface area contributed by atoms with Crippen molar-refractivity contribution in [2.24, 2.45) is 0 Å². The van der Waals surface area contributed by atoms with Gasteiger partial charge in [0.05, 0.1) is 6.61 Å². The zero-order valence-corrected chi connectivity index (χ0v) is 14.4. The van der Waals surface area contributed by atoms with Gasteiger partial charge in [0, 0.05) is 10.6 Å². The van der Waals surface area contributed by atoms with Crippen molar-refractivity contribution in [2.45, 2.75) is 51.5 Å². The molecule has 0 saturated heterocycles. The summed E-state index contributed by atoms with van der Waals surface area (Å²) in [7, 11) is 0. The maximum absolute atomic E-state index is 11.9. The summed E-state index contributed by atoms with van der Waals surface area (Å²) in [5.74, 6) is 0.775. The smallest absolute Gasteiger partial charge is 0.323 e. The van der Waals surface area contributed by atoms with Crippen LogP contribution >= 0.6 is 11.8 Å². The van der Waals surface area contributed by atoms with Gasteiger partial charge in [-0.2, -0.15) is 0 Å². The van der Waals surface area contributed by atoms with Crippen LogP contribution in [0.5, 0.6) is 0 Å². The zero-order valence-electron chi connectivity index (χ0n) is 13.6. The van der Waals surface area contributed by atoms with E-state index in [4.69, 9.17) is 4.74 Å². The van der Waals surface area contributed by atoms with E-state index in [9.17, 15) is 4.79 Å². The molecule has 3 nitrogen and oxygen atoms in total. The van der Waals surface area contributed by atoms with Crippen LogP contribution in [0.1, 0.15) is 37.8 Å². The van der Waals surface area contributed by atoms with Crippen molar-refractivity contribution in [3.63, 3.8) is 0 Å². The van der Waals surface area contributed by atoms with E-state index in [1.165, 1.54) is 16.0 Å². The van der Waals surface area contributed by atoms with Crippen molar-refractivity contribution in [3.05, 3.63) is 29.3 Å². The molecule has 0 fully saturated rings. The summed E-state index contributed by atoms with van der Waals surface area (Å²) in [6.07, 6.45) is 1.80. The zero-order chi connectivity index (χ0) is 15.7. The molecule has 1 unspecified atom stereocenters. The van der Waals surface area contributed by atoms with Crippen LogP contribution in [0.4, 0.5) is 0 Å². The van der Waals surface area contributed by atoms with Crippen LogP contribution < -0.4 is 5.32 Å². The average Bonchev–Trinajstić information content (AvgIpc) is 2.46. The van der Waals surface area contributed by atoms with Crippen LogP contribution in [0.3, 0.4) is 0 Å². The molecule has 1 rings (SSSR count). The molecule has 0 aliphatic carbocycles. The Morgan fingerprint density at radius 2 is 2.10 bits per heavy atom. The van der Waals surface area contributed by atoms with Gasteiger partial charge < -0.3 is 10.1 Å². The fourth-order valence-corrected chi connectivity index (χ4v) is 3.15. The van der Waals surface area contributed by atoms with E-state index >= 15 is 0 Å². The van der Waals surface area contributed by atoms with Gasteiger partial charge in [0.2, 0.25) is 0 Å². The first-order valence-corrected chi connectivity index (χ1v) is 8.67. The molecule has 0 spiro atoms. The van der Waals surface area contributed by atoms with Gasteiger partial charge in [-0.15, -0.1) is 11.8 Å². The van der Waals surface area contributed by atoms with Crippen LogP contribution in [-0.4, -0.2) is 30.9 Å². The molecule has 0 aliphatic rings. The highest BCUT2D eigenvalue weighted by Crippen LogP contribution is 2.24. The van der Waals surface area contributed by atoms with Gasteiger partial charge in [-0.1, -0.05) is 24.6 Å². The molecule has 21 heavy (non-hydrogen) atoms. The minimum atomic E-state index is -0.192. The molecule has 1 aromatic rings. The quantitative estimate of drug-likeness (QED) is 0.557. The number of esters is 1. The summed E-state index contributed by atoms with van der Waals surface area (Å²) in [5.41, 5.74) is 2.56. The molecule has 0 radical (unpaired) electrons. The largest absolute Gasteiger partial charge is 0.465 e. The number of hydrogen-bond donors (Lipinski definition) is 1. The lowest BCUT2D eigenvalue weighted by molar-refractivity contribution is -0.145. The van der Waals surface area contributed by atoms with E-state index in [-0.39, 0.29) is 12.0 Å². The number of thioether (sulfide) groups is 1. The highest BCUT2D eigenvalue weighted by molar-refractivity contribution is 7.99. The standard InChI is InChI=1S/C17H27NO2S/c1-5-10-18-15(17(19)20-6-2)9-11-21-16-12-13(3)7-8-14(16)4/h7-8,12,15,18H,5-6,9-11H2,1-4H3. The van der Waals surface area contributed by atoms with E-state index in [2.05, 4.69) is 44.3 Å². The topological polar surface area (TPSA) is 38.3 Å². The molecule has 0 aliphatic heterocycles. The molecule has 1 N–H and O–H groups in total. The Hall–Kier alpha value is -1.00. The molecular weight excluding hydrogens is 282 g/mol. The van der Waals surface area contributed by atoms with Crippen LogP contribution in [0.2, 0.25) is 0 Å². The molecule has 1 atom stereocenters. The number of carbonyl (C=O) groups is 1. The van der Waals surface area contributed by atoms with Crippen molar-refractivity contribution in [1.82, 2.24) is 5.32 Å². The fourth-order valence-electron chi connectivity index (χ4n) is 2.01. The Balaban J connectivity index is 2.52. The maximum atomic E-state index is 11.9. The number of benzene rings is 1. The number of rotatable bonds is 9. The van der Waals surface area contributed by atoms with Crippen LogP contribution in [0.25, 0.3) is 0 Å². The van der Waals surface area contributed by atoms with Gasteiger partial charge in [-0.05, 0) is 51.8 Å². The molecule has 1 aromatic carbocycles. The molecule has 0 bridgehead atoms. The van der Waals surface area contributed by atoms with Crippen molar-refractivity contribution < 1.29 is 9.53 Å². The monoisotopic (exact) mass is 309 g/mol. The molecular formula is C17H27NO2S. The lowest BCUT2D eigenvalue weighted by Crippen LogP contribution is -2.39. The Kier molecular flexibility index (Phi) is 8.47. The second-order valence-corrected chi connectivity index (χ2v) is 6.30. The molecule has 0 heterocycles.